The minimum Gasteiger partial charge on any atom is -0.491 e. The SMILES string of the molecule is O=C(O)Cc1ccc(OCC(O)COCc2ccccc2)cc1. The maximum absolute atomic E-state index is 10.6. The number of aliphatic hydroxyl groups excluding tert-OH is 1. The molecular formula is C18H20O5. The zero-order valence-electron chi connectivity index (χ0n) is 12.7. The Kier molecular flexibility index (Phi) is 6.59. The highest BCUT2D eigenvalue weighted by atomic mass is 16.5. The van der Waals surface area contributed by atoms with Crippen molar-refractivity contribution in [3.05, 3.63) is 65.7 Å². The summed E-state index contributed by atoms with van der Waals surface area (Å²) in [5, 5.41) is 18.5. The van der Waals surface area contributed by atoms with Gasteiger partial charge in [0.05, 0.1) is 19.6 Å². The molecule has 0 saturated heterocycles. The van der Waals surface area contributed by atoms with Crippen LogP contribution >= 0.6 is 0 Å². The molecule has 0 aromatic heterocycles. The van der Waals surface area contributed by atoms with Crippen LogP contribution in [0.3, 0.4) is 0 Å². The Hall–Kier alpha value is -2.37. The van der Waals surface area contributed by atoms with Crippen LogP contribution in [-0.2, 0) is 22.6 Å². The van der Waals surface area contributed by atoms with E-state index in [1.54, 1.807) is 24.3 Å². The van der Waals surface area contributed by atoms with Gasteiger partial charge in [-0.1, -0.05) is 42.5 Å². The van der Waals surface area contributed by atoms with Crippen molar-refractivity contribution in [2.45, 2.75) is 19.1 Å². The Labute approximate surface area is 135 Å². The minimum atomic E-state index is -0.871. The van der Waals surface area contributed by atoms with E-state index in [2.05, 4.69) is 0 Å². The Morgan fingerprint density at radius 1 is 0.957 bits per heavy atom. The van der Waals surface area contributed by atoms with Crippen LogP contribution in [0.1, 0.15) is 11.1 Å². The highest BCUT2D eigenvalue weighted by Crippen LogP contribution is 2.13. The fourth-order valence-electron chi connectivity index (χ4n) is 2.01. The van der Waals surface area contributed by atoms with Crippen LogP contribution in [0.2, 0.25) is 0 Å². The molecule has 2 aromatic rings. The molecule has 0 heterocycles. The molecule has 0 fully saturated rings. The standard InChI is InChI=1S/C18H20O5/c19-16(12-22-11-15-4-2-1-3-5-15)13-23-17-8-6-14(7-9-17)10-18(20)21/h1-9,16,19H,10-13H2,(H,20,21). The van der Waals surface area contributed by atoms with E-state index in [0.717, 1.165) is 5.56 Å². The minimum absolute atomic E-state index is 0.0176. The molecule has 2 N–H and O–H groups in total. The lowest BCUT2D eigenvalue weighted by Crippen LogP contribution is -2.23. The first-order valence-electron chi connectivity index (χ1n) is 7.37. The van der Waals surface area contributed by atoms with Gasteiger partial charge in [-0.15, -0.1) is 0 Å². The molecule has 0 aliphatic heterocycles. The molecule has 0 radical (unpaired) electrons. The topological polar surface area (TPSA) is 76.0 Å². The van der Waals surface area contributed by atoms with Crippen LogP contribution in [-0.4, -0.2) is 35.5 Å². The molecule has 23 heavy (non-hydrogen) atoms. The van der Waals surface area contributed by atoms with Crippen LogP contribution in [0, 0.1) is 0 Å². The van der Waals surface area contributed by atoms with Crippen molar-refractivity contribution in [3.63, 3.8) is 0 Å². The summed E-state index contributed by atoms with van der Waals surface area (Å²) >= 11 is 0. The maximum atomic E-state index is 10.6. The molecule has 2 rings (SSSR count). The van der Waals surface area contributed by atoms with E-state index in [1.807, 2.05) is 30.3 Å². The molecule has 122 valence electrons. The number of carboxylic acids is 1. The lowest BCUT2D eigenvalue weighted by atomic mass is 10.1. The monoisotopic (exact) mass is 316 g/mol. The van der Waals surface area contributed by atoms with E-state index in [-0.39, 0.29) is 19.6 Å². The number of aliphatic hydroxyl groups is 1. The number of rotatable bonds is 9. The third-order valence-corrected chi connectivity index (χ3v) is 3.14. The van der Waals surface area contributed by atoms with E-state index < -0.39 is 12.1 Å². The molecule has 1 atom stereocenters. The van der Waals surface area contributed by atoms with E-state index in [1.165, 1.54) is 0 Å². The number of aliphatic carboxylic acids is 1. The van der Waals surface area contributed by atoms with Gasteiger partial charge < -0.3 is 19.7 Å². The van der Waals surface area contributed by atoms with Gasteiger partial charge >= 0.3 is 5.97 Å². The Morgan fingerprint density at radius 2 is 1.65 bits per heavy atom. The third-order valence-electron chi connectivity index (χ3n) is 3.14. The maximum Gasteiger partial charge on any atom is 0.307 e. The molecule has 0 amide bonds. The second-order valence-corrected chi connectivity index (χ2v) is 5.18. The van der Waals surface area contributed by atoms with Crippen molar-refractivity contribution in [3.8, 4) is 5.75 Å². The number of benzene rings is 2. The Bertz CT molecular complexity index is 595. The van der Waals surface area contributed by atoms with Gasteiger partial charge in [-0.2, -0.15) is 0 Å². The summed E-state index contributed by atoms with van der Waals surface area (Å²) in [4.78, 5) is 10.6. The Balaban J connectivity index is 1.67. The number of ether oxygens (including phenoxy) is 2. The smallest absolute Gasteiger partial charge is 0.307 e. The van der Waals surface area contributed by atoms with Crippen LogP contribution in [0.25, 0.3) is 0 Å². The van der Waals surface area contributed by atoms with Crippen molar-refractivity contribution in [1.82, 2.24) is 0 Å². The molecule has 5 nitrogen and oxygen atoms in total. The van der Waals surface area contributed by atoms with Gasteiger partial charge in [-0.25, -0.2) is 0 Å². The summed E-state index contributed by atoms with van der Waals surface area (Å²) in [6, 6.07) is 16.5. The van der Waals surface area contributed by atoms with Crippen LogP contribution < -0.4 is 4.74 Å². The number of carboxylic acid groups (broad SMARTS) is 1. The lowest BCUT2D eigenvalue weighted by Gasteiger charge is -2.13. The summed E-state index contributed by atoms with van der Waals surface area (Å²) in [6.45, 7) is 0.751. The molecule has 0 bridgehead atoms. The number of hydrogen-bond donors (Lipinski definition) is 2. The van der Waals surface area contributed by atoms with Crippen LogP contribution in [0.4, 0.5) is 0 Å². The summed E-state index contributed by atoms with van der Waals surface area (Å²) in [5.41, 5.74) is 1.76. The zero-order valence-corrected chi connectivity index (χ0v) is 12.7. The highest BCUT2D eigenvalue weighted by molar-refractivity contribution is 5.70. The Morgan fingerprint density at radius 3 is 2.30 bits per heavy atom. The van der Waals surface area contributed by atoms with E-state index in [9.17, 15) is 9.90 Å². The number of hydrogen-bond acceptors (Lipinski definition) is 4. The molecule has 0 aliphatic carbocycles. The first kappa shape index (κ1) is 17.0. The quantitative estimate of drug-likeness (QED) is 0.742. The van der Waals surface area contributed by atoms with Gasteiger partial charge in [-0.3, -0.25) is 4.79 Å². The molecular weight excluding hydrogens is 296 g/mol. The van der Waals surface area contributed by atoms with Gasteiger partial charge in [0.15, 0.2) is 0 Å². The van der Waals surface area contributed by atoms with Crippen molar-refractivity contribution < 1.29 is 24.5 Å². The summed E-state index contributed by atoms with van der Waals surface area (Å²) in [6.07, 6.45) is -0.742. The first-order valence-corrected chi connectivity index (χ1v) is 7.37. The predicted octanol–water partition coefficient (Wildman–Crippen LogP) is 2.27. The molecule has 0 saturated carbocycles. The molecule has 5 heteroatoms. The van der Waals surface area contributed by atoms with Gasteiger partial charge in [0, 0.05) is 0 Å². The van der Waals surface area contributed by atoms with Gasteiger partial charge in [-0.05, 0) is 23.3 Å². The first-order chi connectivity index (χ1) is 11.1. The molecule has 0 spiro atoms. The van der Waals surface area contributed by atoms with Crippen LogP contribution in [0.5, 0.6) is 5.75 Å². The fraction of sp³-hybridized carbons (Fsp3) is 0.278. The van der Waals surface area contributed by atoms with E-state index in [0.29, 0.717) is 17.9 Å². The summed E-state index contributed by atoms with van der Waals surface area (Å²) in [7, 11) is 0. The average molecular weight is 316 g/mol. The van der Waals surface area contributed by atoms with Crippen molar-refractivity contribution >= 4 is 5.97 Å². The summed E-state index contributed by atoms with van der Waals surface area (Å²) < 4.78 is 10.9. The zero-order chi connectivity index (χ0) is 16.5. The normalized spacial score (nSPS) is 11.9. The van der Waals surface area contributed by atoms with Crippen molar-refractivity contribution in [2.75, 3.05) is 13.2 Å². The second-order valence-electron chi connectivity index (χ2n) is 5.18. The second kappa shape index (κ2) is 8.92. The number of carbonyl (C=O) groups is 1. The lowest BCUT2D eigenvalue weighted by molar-refractivity contribution is -0.136. The van der Waals surface area contributed by atoms with Gasteiger partial charge in [0.1, 0.15) is 18.5 Å². The molecule has 0 aliphatic rings. The third kappa shape index (κ3) is 6.50. The van der Waals surface area contributed by atoms with Crippen molar-refractivity contribution in [2.24, 2.45) is 0 Å². The van der Waals surface area contributed by atoms with Gasteiger partial charge in [0.2, 0.25) is 0 Å². The van der Waals surface area contributed by atoms with Gasteiger partial charge in [0.25, 0.3) is 0 Å². The van der Waals surface area contributed by atoms with Crippen LogP contribution in [0.15, 0.2) is 54.6 Å². The molecule has 2 aromatic carbocycles. The highest BCUT2D eigenvalue weighted by Gasteiger charge is 2.06. The largest absolute Gasteiger partial charge is 0.491 e. The van der Waals surface area contributed by atoms with E-state index in [4.69, 9.17) is 14.6 Å². The molecule has 1 unspecified atom stereocenters. The van der Waals surface area contributed by atoms with Crippen molar-refractivity contribution in [1.29, 1.82) is 0 Å². The van der Waals surface area contributed by atoms with E-state index >= 15 is 0 Å². The fourth-order valence-corrected chi connectivity index (χ4v) is 2.01. The predicted molar refractivity (Wildman–Crippen MR) is 85.4 cm³/mol. The summed E-state index contributed by atoms with van der Waals surface area (Å²) in [5.74, 6) is -0.286. The average Bonchev–Trinajstić information content (AvgIpc) is 2.55.